The number of hydrogen-bond donors (Lipinski definition) is 2. The molecule has 0 heterocycles. The molecule has 41 valence electrons. The third-order valence-electron chi connectivity index (χ3n) is 0. The van der Waals surface area contributed by atoms with Gasteiger partial charge in [-0.1, -0.05) is 0 Å². The monoisotopic (exact) mass is 132 g/mol. The molecule has 1 radical (unpaired) electrons. The number of aliphatic hydroxyl groups excluding tert-OH is 1. The van der Waals surface area contributed by atoms with Gasteiger partial charge in [-0.25, -0.2) is 0 Å². The molecule has 2 N–H and O–H groups in total. The topological polar surface area (TPSA) is 32.3 Å². The molecule has 3 heteroatoms. The number of aliphatic hydroxyl groups is 1. The van der Waals surface area contributed by atoms with Gasteiger partial charge in [0.2, 0.25) is 0 Å². The second-order valence-electron chi connectivity index (χ2n) is 0.500. The van der Waals surface area contributed by atoms with Gasteiger partial charge in [0.05, 0.1) is 0 Å². The van der Waals surface area contributed by atoms with E-state index in [-0.39, 0.29) is 17.1 Å². The molecule has 0 atom stereocenters. The fourth-order valence-corrected chi connectivity index (χ4v) is 0. The first-order valence-corrected chi connectivity index (χ1v) is 1.45. The zero-order chi connectivity index (χ0) is 4.71. The van der Waals surface area contributed by atoms with Crippen LogP contribution in [0.15, 0.2) is 0 Å². The van der Waals surface area contributed by atoms with Gasteiger partial charge in [0.1, 0.15) is 0 Å². The SMILES string of the molecule is CNC.CO.[Mn]. The van der Waals surface area contributed by atoms with Crippen LogP contribution in [0, 0.1) is 0 Å². The normalized spacial score (nSPS) is 4.00. The minimum Gasteiger partial charge on any atom is -0.400 e. The molecule has 2 nitrogen and oxygen atoms in total. The van der Waals surface area contributed by atoms with Crippen molar-refractivity contribution in [3.8, 4) is 0 Å². The second-order valence-corrected chi connectivity index (χ2v) is 0.500. The van der Waals surface area contributed by atoms with Crippen LogP contribution in [-0.2, 0) is 17.1 Å². The van der Waals surface area contributed by atoms with Crippen LogP contribution in [0.25, 0.3) is 0 Å². The van der Waals surface area contributed by atoms with E-state index in [0.717, 1.165) is 7.11 Å². The van der Waals surface area contributed by atoms with Crippen molar-refractivity contribution in [1.82, 2.24) is 5.32 Å². The van der Waals surface area contributed by atoms with Crippen LogP contribution in [-0.4, -0.2) is 26.3 Å². The summed E-state index contributed by atoms with van der Waals surface area (Å²) in [6, 6.07) is 0. The van der Waals surface area contributed by atoms with Crippen molar-refractivity contribution in [2.24, 2.45) is 0 Å². The zero-order valence-electron chi connectivity index (χ0n) is 4.33. The first-order valence-electron chi connectivity index (χ1n) is 1.45. The Hall–Kier alpha value is 0.439. The predicted octanol–water partition coefficient (Wildman–Crippen LogP) is -0.558. The van der Waals surface area contributed by atoms with Crippen LogP contribution in [0.5, 0.6) is 0 Å². The van der Waals surface area contributed by atoms with Gasteiger partial charge in [-0.3, -0.25) is 0 Å². The third-order valence-corrected chi connectivity index (χ3v) is 0. The maximum absolute atomic E-state index is 7.00. The van der Waals surface area contributed by atoms with E-state index in [1.807, 2.05) is 14.1 Å². The van der Waals surface area contributed by atoms with E-state index in [2.05, 4.69) is 5.32 Å². The summed E-state index contributed by atoms with van der Waals surface area (Å²) in [5, 5.41) is 9.75. The average molecular weight is 132 g/mol. The molecule has 0 fully saturated rings. The van der Waals surface area contributed by atoms with Gasteiger partial charge in [-0.2, -0.15) is 0 Å². The van der Waals surface area contributed by atoms with Crippen molar-refractivity contribution < 1.29 is 22.2 Å². The van der Waals surface area contributed by atoms with E-state index >= 15 is 0 Å². The molecule has 0 spiro atoms. The maximum Gasteiger partial charge on any atom is 0.0319 e. The molecule has 0 bridgehead atoms. The molecule has 0 aromatic rings. The summed E-state index contributed by atoms with van der Waals surface area (Å²) in [5.41, 5.74) is 0. The molecule has 6 heavy (non-hydrogen) atoms. The van der Waals surface area contributed by atoms with E-state index in [1.54, 1.807) is 0 Å². The van der Waals surface area contributed by atoms with Crippen molar-refractivity contribution in [2.75, 3.05) is 21.2 Å². The van der Waals surface area contributed by atoms with Crippen molar-refractivity contribution in [3.63, 3.8) is 0 Å². The van der Waals surface area contributed by atoms with Crippen molar-refractivity contribution >= 4 is 0 Å². The standard InChI is InChI=1S/C2H7N.CH4O.Mn/c1-3-2;1-2;/h3H,1-2H3;2H,1H3;. The van der Waals surface area contributed by atoms with Gasteiger partial charge < -0.3 is 10.4 Å². The molecule has 0 aliphatic heterocycles. The van der Waals surface area contributed by atoms with E-state index in [0.29, 0.717) is 0 Å². The van der Waals surface area contributed by atoms with Crippen LogP contribution >= 0.6 is 0 Å². The largest absolute Gasteiger partial charge is 0.400 e. The Labute approximate surface area is 49.4 Å². The number of rotatable bonds is 0. The smallest absolute Gasteiger partial charge is 0.0319 e. The van der Waals surface area contributed by atoms with Crippen molar-refractivity contribution in [1.29, 1.82) is 0 Å². The Morgan fingerprint density at radius 3 is 1.17 bits per heavy atom. The fourth-order valence-electron chi connectivity index (χ4n) is 0. The summed E-state index contributed by atoms with van der Waals surface area (Å²) >= 11 is 0. The third kappa shape index (κ3) is 272. The fraction of sp³-hybridized carbons (Fsp3) is 1.00. The van der Waals surface area contributed by atoms with Crippen LogP contribution in [0.3, 0.4) is 0 Å². The molecule has 0 saturated carbocycles. The Morgan fingerprint density at radius 2 is 1.17 bits per heavy atom. The predicted molar refractivity (Wildman–Crippen MR) is 23.1 cm³/mol. The summed E-state index contributed by atoms with van der Waals surface area (Å²) in [6.45, 7) is 0. The molecule has 0 rings (SSSR count). The minimum absolute atomic E-state index is 0. The molecule has 0 saturated heterocycles. The number of hydrogen-bond acceptors (Lipinski definition) is 2. The Bertz CT molecular complexity index is 10.8. The first-order chi connectivity index (χ1) is 2.41. The molecule has 0 aromatic heterocycles. The molecule has 0 unspecified atom stereocenters. The Kier molecular flexibility index (Phi) is 139. The summed E-state index contributed by atoms with van der Waals surface area (Å²) < 4.78 is 0. The average Bonchev–Trinajstić information content (AvgIpc) is 1.46. The molecular weight excluding hydrogens is 121 g/mol. The van der Waals surface area contributed by atoms with Gasteiger partial charge in [-0.05, 0) is 14.1 Å². The maximum atomic E-state index is 7.00. The summed E-state index contributed by atoms with van der Waals surface area (Å²) in [6.07, 6.45) is 0. The first kappa shape index (κ1) is 16.1. The summed E-state index contributed by atoms with van der Waals surface area (Å²) in [7, 11) is 4.75. The number of nitrogens with one attached hydrogen (secondary N) is 1. The van der Waals surface area contributed by atoms with Crippen LogP contribution in [0.4, 0.5) is 0 Å². The van der Waals surface area contributed by atoms with Gasteiger partial charge in [0.15, 0.2) is 0 Å². The van der Waals surface area contributed by atoms with Crippen LogP contribution in [0.1, 0.15) is 0 Å². The van der Waals surface area contributed by atoms with Gasteiger partial charge in [-0.15, -0.1) is 0 Å². The Morgan fingerprint density at radius 1 is 1.17 bits per heavy atom. The summed E-state index contributed by atoms with van der Waals surface area (Å²) in [4.78, 5) is 0. The van der Waals surface area contributed by atoms with Gasteiger partial charge in [0, 0.05) is 24.2 Å². The minimum atomic E-state index is 0. The molecule has 0 aromatic carbocycles. The van der Waals surface area contributed by atoms with E-state index in [4.69, 9.17) is 5.11 Å². The van der Waals surface area contributed by atoms with Crippen LogP contribution in [0.2, 0.25) is 0 Å². The quantitative estimate of drug-likeness (QED) is 0.433. The molecule has 0 aliphatic carbocycles. The van der Waals surface area contributed by atoms with Crippen LogP contribution < -0.4 is 5.32 Å². The van der Waals surface area contributed by atoms with E-state index in [9.17, 15) is 0 Å². The molecule has 0 amide bonds. The van der Waals surface area contributed by atoms with Gasteiger partial charge >= 0.3 is 0 Å². The van der Waals surface area contributed by atoms with E-state index < -0.39 is 0 Å². The molecular formula is C3H11MnNO. The second kappa shape index (κ2) is 51.7. The summed E-state index contributed by atoms with van der Waals surface area (Å²) in [5.74, 6) is 0. The van der Waals surface area contributed by atoms with Gasteiger partial charge in [0.25, 0.3) is 0 Å². The van der Waals surface area contributed by atoms with Crippen molar-refractivity contribution in [3.05, 3.63) is 0 Å². The Balaban J connectivity index is -0.0000000275. The zero-order valence-corrected chi connectivity index (χ0v) is 5.51. The van der Waals surface area contributed by atoms with Crippen molar-refractivity contribution in [2.45, 2.75) is 0 Å². The molecule has 0 aliphatic rings. The van der Waals surface area contributed by atoms with E-state index in [1.165, 1.54) is 0 Å².